The van der Waals surface area contributed by atoms with Crippen LogP contribution in [0.1, 0.15) is 53.9 Å². The van der Waals surface area contributed by atoms with Crippen LogP contribution in [0.2, 0.25) is 0 Å². The van der Waals surface area contributed by atoms with Crippen LogP contribution in [0.15, 0.2) is 24.3 Å². The minimum Gasteiger partial charge on any atom is -0.298 e. The lowest BCUT2D eigenvalue weighted by Crippen LogP contribution is -2.46. The van der Waals surface area contributed by atoms with Crippen LogP contribution >= 0.6 is 0 Å². The number of carbonyl (C=O) groups is 1. The van der Waals surface area contributed by atoms with Gasteiger partial charge in [-0.3, -0.25) is 4.79 Å². The molecule has 0 saturated heterocycles. The molecule has 0 N–H and O–H groups in total. The Kier molecular flexibility index (Phi) is 3.49. The van der Waals surface area contributed by atoms with E-state index >= 15 is 0 Å². The molecule has 0 aromatic rings. The first-order valence-corrected chi connectivity index (χ1v) is 7.49. The number of hydrogen-bond donors (Lipinski definition) is 0. The Balaban J connectivity index is 2.49. The maximum absolute atomic E-state index is 12.8. The van der Waals surface area contributed by atoms with E-state index in [1.807, 2.05) is 12.2 Å². The maximum atomic E-state index is 12.8. The van der Waals surface area contributed by atoms with Crippen LogP contribution < -0.4 is 0 Å². The van der Waals surface area contributed by atoms with Crippen LogP contribution in [0, 0.1) is 34.0 Å². The van der Waals surface area contributed by atoms with Gasteiger partial charge in [0.1, 0.15) is 5.41 Å². The van der Waals surface area contributed by atoms with E-state index in [2.05, 4.69) is 53.0 Å². The van der Waals surface area contributed by atoms with Crippen molar-refractivity contribution in [2.24, 2.45) is 22.2 Å². The largest absolute Gasteiger partial charge is 0.298 e. The average Bonchev–Trinajstić information content (AvgIpc) is 2.24. The minimum atomic E-state index is -0.565. The highest BCUT2D eigenvalue weighted by Gasteiger charge is 2.50. The summed E-state index contributed by atoms with van der Waals surface area (Å²) in [5, 5.41) is 0. The summed E-state index contributed by atoms with van der Waals surface area (Å²) < 4.78 is 0. The zero-order valence-electron chi connectivity index (χ0n) is 13.5. The van der Waals surface area contributed by atoms with Gasteiger partial charge in [-0.05, 0) is 44.9 Å². The van der Waals surface area contributed by atoms with Gasteiger partial charge in [-0.2, -0.15) is 0 Å². The fourth-order valence-corrected chi connectivity index (χ4v) is 3.31. The normalized spacial score (nSPS) is 32.4. The summed E-state index contributed by atoms with van der Waals surface area (Å²) >= 11 is 0. The van der Waals surface area contributed by atoms with Crippen molar-refractivity contribution in [2.45, 2.75) is 53.9 Å². The highest BCUT2D eigenvalue weighted by molar-refractivity contribution is 5.92. The van der Waals surface area contributed by atoms with Gasteiger partial charge in [0.05, 0.1) is 0 Å². The van der Waals surface area contributed by atoms with Gasteiger partial charge in [0, 0.05) is 11.8 Å². The first-order chi connectivity index (χ1) is 9.04. The standard InChI is InChI=1S/C19H26O/c1-14-7-8-19(10-9-17(2,3)4)15(11-14)12-18(5,6)13-16(19)20/h7-8,15H,1,11-13H2,2-6H3/t15-,19+/m0/s1. The first-order valence-electron chi connectivity index (χ1n) is 7.49. The molecule has 20 heavy (non-hydrogen) atoms. The van der Waals surface area contributed by atoms with E-state index in [9.17, 15) is 4.79 Å². The van der Waals surface area contributed by atoms with Crippen molar-refractivity contribution in [3.05, 3.63) is 24.3 Å². The third-order valence-corrected chi connectivity index (χ3v) is 4.28. The van der Waals surface area contributed by atoms with Crippen molar-refractivity contribution < 1.29 is 4.79 Å². The van der Waals surface area contributed by atoms with Crippen LogP contribution in [0.25, 0.3) is 0 Å². The second-order valence-electron chi connectivity index (χ2n) is 8.23. The molecule has 108 valence electrons. The van der Waals surface area contributed by atoms with Crippen molar-refractivity contribution in [3.63, 3.8) is 0 Å². The molecule has 1 heteroatoms. The summed E-state index contributed by atoms with van der Waals surface area (Å²) in [5.41, 5.74) is 0.563. The smallest absolute Gasteiger partial charge is 0.155 e. The molecule has 2 aliphatic rings. The van der Waals surface area contributed by atoms with E-state index in [0.717, 1.165) is 18.4 Å². The Bertz CT molecular complexity index is 530. The number of carbonyl (C=O) groups excluding carboxylic acids is 1. The lowest BCUT2D eigenvalue weighted by Gasteiger charge is -2.46. The zero-order valence-corrected chi connectivity index (χ0v) is 13.5. The molecule has 0 aromatic heterocycles. The number of rotatable bonds is 0. The van der Waals surface area contributed by atoms with Crippen LogP contribution in [-0.4, -0.2) is 5.78 Å². The molecule has 0 spiro atoms. The molecular weight excluding hydrogens is 244 g/mol. The van der Waals surface area contributed by atoms with Crippen LogP contribution in [-0.2, 0) is 4.79 Å². The summed E-state index contributed by atoms with van der Waals surface area (Å²) in [7, 11) is 0. The SMILES string of the molecule is C=C1C=C[C@]2(C#CC(C)(C)C)C(=O)CC(C)(C)C[C@@H]2C1. The molecule has 2 atom stereocenters. The fourth-order valence-electron chi connectivity index (χ4n) is 3.31. The molecule has 0 heterocycles. The van der Waals surface area contributed by atoms with Gasteiger partial charge in [-0.25, -0.2) is 0 Å². The van der Waals surface area contributed by atoms with Crippen LogP contribution in [0.3, 0.4) is 0 Å². The van der Waals surface area contributed by atoms with Gasteiger partial charge in [-0.15, -0.1) is 0 Å². The molecule has 0 amide bonds. The molecule has 0 unspecified atom stereocenters. The van der Waals surface area contributed by atoms with Crippen molar-refractivity contribution in [3.8, 4) is 11.8 Å². The lowest BCUT2D eigenvalue weighted by molar-refractivity contribution is -0.132. The van der Waals surface area contributed by atoms with Crippen molar-refractivity contribution >= 4 is 5.78 Å². The molecule has 2 aliphatic carbocycles. The monoisotopic (exact) mass is 270 g/mol. The maximum Gasteiger partial charge on any atom is 0.155 e. The Morgan fingerprint density at radius 2 is 2.00 bits per heavy atom. The fraction of sp³-hybridized carbons (Fsp3) is 0.632. The second-order valence-corrected chi connectivity index (χ2v) is 8.23. The molecule has 2 rings (SSSR count). The van der Waals surface area contributed by atoms with Gasteiger partial charge in [-0.1, -0.05) is 50.0 Å². The van der Waals surface area contributed by atoms with E-state index in [1.54, 1.807) is 0 Å². The minimum absolute atomic E-state index is 0.0746. The van der Waals surface area contributed by atoms with E-state index in [4.69, 9.17) is 0 Å². The van der Waals surface area contributed by atoms with Crippen LogP contribution in [0.4, 0.5) is 0 Å². The Morgan fingerprint density at radius 1 is 1.35 bits per heavy atom. The molecule has 1 nitrogen and oxygen atoms in total. The van der Waals surface area contributed by atoms with Gasteiger partial charge < -0.3 is 0 Å². The first kappa shape index (κ1) is 15.1. The predicted octanol–water partition coefficient (Wildman–Crippen LogP) is 4.54. The molecule has 0 aromatic carbocycles. The summed E-state index contributed by atoms with van der Waals surface area (Å²) in [6.07, 6.45) is 6.59. The Morgan fingerprint density at radius 3 is 2.60 bits per heavy atom. The van der Waals surface area contributed by atoms with Gasteiger partial charge >= 0.3 is 0 Å². The van der Waals surface area contributed by atoms with E-state index < -0.39 is 5.41 Å². The van der Waals surface area contributed by atoms with Crippen molar-refractivity contribution in [1.29, 1.82) is 0 Å². The van der Waals surface area contributed by atoms with Crippen molar-refractivity contribution in [1.82, 2.24) is 0 Å². The number of fused-ring (bicyclic) bond motifs is 1. The number of Topliss-reactive ketones (excluding diaryl/α,β-unsaturated/α-hetero) is 1. The highest BCUT2D eigenvalue weighted by Crippen LogP contribution is 2.51. The topological polar surface area (TPSA) is 17.1 Å². The van der Waals surface area contributed by atoms with Gasteiger partial charge in [0.25, 0.3) is 0 Å². The van der Waals surface area contributed by atoms with Gasteiger partial charge in [0.15, 0.2) is 5.78 Å². The second kappa shape index (κ2) is 4.62. The summed E-state index contributed by atoms with van der Waals surface area (Å²) in [6, 6.07) is 0. The average molecular weight is 270 g/mol. The molecular formula is C19H26O. The third kappa shape index (κ3) is 2.90. The Labute approximate surface area is 123 Å². The summed E-state index contributed by atoms with van der Waals surface area (Å²) in [4.78, 5) is 12.8. The lowest BCUT2D eigenvalue weighted by atomic mass is 9.55. The third-order valence-electron chi connectivity index (χ3n) is 4.28. The summed E-state index contributed by atoms with van der Waals surface area (Å²) in [6.45, 7) is 14.7. The van der Waals surface area contributed by atoms with Crippen LogP contribution in [0.5, 0.6) is 0 Å². The number of ketones is 1. The predicted molar refractivity (Wildman–Crippen MR) is 84.1 cm³/mol. The van der Waals surface area contributed by atoms with E-state index in [-0.39, 0.29) is 16.7 Å². The number of hydrogen-bond acceptors (Lipinski definition) is 1. The van der Waals surface area contributed by atoms with E-state index in [1.165, 1.54) is 0 Å². The zero-order chi connectivity index (χ0) is 15.2. The van der Waals surface area contributed by atoms with E-state index in [0.29, 0.717) is 12.2 Å². The molecule has 1 fully saturated rings. The number of allylic oxidation sites excluding steroid dienone is 3. The molecule has 0 bridgehead atoms. The molecule has 0 radical (unpaired) electrons. The highest BCUT2D eigenvalue weighted by atomic mass is 16.1. The van der Waals surface area contributed by atoms with Crippen molar-refractivity contribution in [2.75, 3.05) is 0 Å². The Hall–Kier alpha value is -1.29. The summed E-state index contributed by atoms with van der Waals surface area (Å²) in [5.74, 6) is 7.23. The van der Waals surface area contributed by atoms with Gasteiger partial charge in [0.2, 0.25) is 0 Å². The molecule has 0 aliphatic heterocycles. The quantitative estimate of drug-likeness (QED) is 0.590. The molecule has 1 saturated carbocycles.